The van der Waals surface area contributed by atoms with E-state index in [-0.39, 0.29) is 10.8 Å². The minimum absolute atomic E-state index is 0.00931. The zero-order chi connectivity index (χ0) is 17.5. The predicted molar refractivity (Wildman–Crippen MR) is 97.9 cm³/mol. The number of nitrogens with zero attached hydrogens (tertiary/aromatic N) is 1. The molecule has 0 atom stereocenters. The Hall–Kier alpha value is -2.77. The number of thiocarbonyl (C=S) groups is 1. The van der Waals surface area contributed by atoms with Crippen LogP contribution in [0.3, 0.4) is 0 Å². The molecular formula is C16H12ClN3O3S. The second-order valence-corrected chi connectivity index (χ2v) is 5.48. The molecule has 2 N–H and O–H groups in total. The minimum atomic E-state index is -0.485. The van der Waals surface area contributed by atoms with Gasteiger partial charge in [-0.05, 0) is 60.3 Å². The zero-order valence-electron chi connectivity index (χ0n) is 12.2. The summed E-state index contributed by atoms with van der Waals surface area (Å²) in [5, 5.41) is 16.7. The van der Waals surface area contributed by atoms with Crippen molar-refractivity contribution in [2.75, 3.05) is 5.32 Å². The van der Waals surface area contributed by atoms with Gasteiger partial charge in [-0.3, -0.25) is 20.2 Å². The Balaban J connectivity index is 1.88. The summed E-state index contributed by atoms with van der Waals surface area (Å²) in [5.74, 6) is -0.417. The third-order valence-corrected chi connectivity index (χ3v) is 3.33. The molecule has 24 heavy (non-hydrogen) atoms. The number of anilines is 1. The van der Waals surface area contributed by atoms with E-state index in [0.717, 1.165) is 0 Å². The standard InChI is InChI=1S/C16H12ClN3O3S/c17-12-4-6-13(7-5-12)18-16(24)19-15(21)10-3-11-1-8-14(9-2-11)20(22)23/h1-10H,(H2,18,19,21,24)/b10-3+. The Labute approximate surface area is 148 Å². The molecule has 0 bridgehead atoms. The largest absolute Gasteiger partial charge is 0.332 e. The highest BCUT2D eigenvalue weighted by molar-refractivity contribution is 7.80. The number of non-ortho nitro benzene ring substituents is 1. The van der Waals surface area contributed by atoms with Crippen LogP contribution in [-0.4, -0.2) is 15.9 Å². The van der Waals surface area contributed by atoms with Crippen LogP contribution in [0.25, 0.3) is 6.08 Å². The highest BCUT2D eigenvalue weighted by atomic mass is 35.5. The zero-order valence-corrected chi connectivity index (χ0v) is 13.8. The van der Waals surface area contributed by atoms with Crippen LogP contribution in [0.4, 0.5) is 11.4 Å². The van der Waals surface area contributed by atoms with E-state index in [2.05, 4.69) is 10.6 Å². The maximum absolute atomic E-state index is 11.8. The van der Waals surface area contributed by atoms with Gasteiger partial charge in [0.2, 0.25) is 5.91 Å². The third kappa shape index (κ3) is 5.45. The first kappa shape index (κ1) is 17.6. The number of hydrogen-bond donors (Lipinski definition) is 2. The molecule has 2 rings (SSSR count). The third-order valence-electron chi connectivity index (χ3n) is 2.87. The second kappa shape index (κ2) is 8.19. The van der Waals surface area contributed by atoms with E-state index < -0.39 is 10.8 Å². The number of nitro groups is 1. The summed E-state index contributed by atoms with van der Waals surface area (Å²) in [5.41, 5.74) is 1.35. The summed E-state index contributed by atoms with van der Waals surface area (Å²) in [6.07, 6.45) is 2.82. The van der Waals surface area contributed by atoms with E-state index >= 15 is 0 Å². The van der Waals surface area contributed by atoms with E-state index in [1.807, 2.05) is 0 Å². The second-order valence-electron chi connectivity index (χ2n) is 4.63. The highest BCUT2D eigenvalue weighted by Crippen LogP contribution is 2.14. The summed E-state index contributed by atoms with van der Waals surface area (Å²) in [7, 11) is 0. The Kier molecular flexibility index (Phi) is 6.00. The maximum Gasteiger partial charge on any atom is 0.269 e. The number of nitrogens with one attached hydrogen (secondary N) is 2. The molecule has 6 nitrogen and oxygen atoms in total. The van der Waals surface area contributed by atoms with Gasteiger partial charge in [0, 0.05) is 28.9 Å². The average molecular weight is 362 g/mol. The number of halogens is 1. The summed E-state index contributed by atoms with van der Waals surface area (Å²) in [6.45, 7) is 0. The molecule has 0 saturated heterocycles. The molecule has 2 aromatic carbocycles. The van der Waals surface area contributed by atoms with E-state index in [0.29, 0.717) is 16.3 Å². The van der Waals surface area contributed by atoms with Crippen molar-refractivity contribution in [1.82, 2.24) is 5.32 Å². The van der Waals surface area contributed by atoms with Gasteiger partial charge in [-0.15, -0.1) is 0 Å². The van der Waals surface area contributed by atoms with E-state index in [4.69, 9.17) is 23.8 Å². The number of carbonyl (C=O) groups is 1. The lowest BCUT2D eigenvalue weighted by molar-refractivity contribution is -0.384. The Morgan fingerprint density at radius 3 is 2.33 bits per heavy atom. The summed E-state index contributed by atoms with van der Waals surface area (Å²) >= 11 is 10.8. The average Bonchev–Trinajstić information content (AvgIpc) is 2.55. The molecule has 0 radical (unpaired) electrons. The molecule has 0 saturated carbocycles. The van der Waals surface area contributed by atoms with E-state index in [1.165, 1.54) is 24.3 Å². The first-order valence-corrected chi connectivity index (χ1v) is 7.53. The van der Waals surface area contributed by atoms with Crippen molar-refractivity contribution in [3.8, 4) is 0 Å². The molecule has 8 heteroatoms. The molecule has 0 heterocycles. The fourth-order valence-corrected chi connectivity index (χ4v) is 2.07. The van der Waals surface area contributed by atoms with Gasteiger partial charge in [0.1, 0.15) is 0 Å². The number of amides is 1. The number of benzene rings is 2. The molecule has 2 aromatic rings. The van der Waals surface area contributed by atoms with Gasteiger partial charge < -0.3 is 5.32 Å². The Bertz CT molecular complexity index is 789. The van der Waals surface area contributed by atoms with Gasteiger partial charge in [-0.2, -0.15) is 0 Å². The van der Waals surface area contributed by atoms with E-state index in [9.17, 15) is 14.9 Å². The first-order valence-electron chi connectivity index (χ1n) is 6.74. The van der Waals surface area contributed by atoms with Gasteiger partial charge in [0.15, 0.2) is 5.11 Å². The highest BCUT2D eigenvalue weighted by Gasteiger charge is 2.04. The van der Waals surface area contributed by atoms with Crippen LogP contribution in [0.2, 0.25) is 5.02 Å². The van der Waals surface area contributed by atoms with Crippen molar-refractivity contribution in [2.45, 2.75) is 0 Å². The van der Waals surface area contributed by atoms with Crippen molar-refractivity contribution in [1.29, 1.82) is 0 Å². The molecule has 0 unspecified atom stereocenters. The molecule has 0 aliphatic carbocycles. The summed E-state index contributed by atoms with van der Waals surface area (Å²) in [4.78, 5) is 21.9. The van der Waals surface area contributed by atoms with Crippen molar-refractivity contribution in [3.63, 3.8) is 0 Å². The lowest BCUT2D eigenvalue weighted by Crippen LogP contribution is -2.32. The fourth-order valence-electron chi connectivity index (χ4n) is 1.73. The van der Waals surface area contributed by atoms with Gasteiger partial charge in [0.25, 0.3) is 5.69 Å². The van der Waals surface area contributed by atoms with Crippen LogP contribution in [0.5, 0.6) is 0 Å². The summed E-state index contributed by atoms with van der Waals surface area (Å²) < 4.78 is 0. The van der Waals surface area contributed by atoms with Crippen LogP contribution < -0.4 is 10.6 Å². The lowest BCUT2D eigenvalue weighted by Gasteiger charge is -2.07. The van der Waals surface area contributed by atoms with Crippen LogP contribution in [0.15, 0.2) is 54.6 Å². The predicted octanol–water partition coefficient (Wildman–Crippen LogP) is 3.77. The number of carbonyl (C=O) groups excluding carboxylic acids is 1. The van der Waals surface area contributed by atoms with Crippen LogP contribution >= 0.6 is 23.8 Å². The van der Waals surface area contributed by atoms with Gasteiger partial charge in [0.05, 0.1) is 4.92 Å². The topological polar surface area (TPSA) is 84.3 Å². The van der Waals surface area contributed by atoms with Crippen molar-refractivity contribution in [3.05, 3.63) is 75.3 Å². The Morgan fingerprint density at radius 2 is 1.75 bits per heavy atom. The SMILES string of the molecule is O=C(/C=C/c1ccc([N+](=O)[O-])cc1)NC(=S)Nc1ccc(Cl)cc1. The molecule has 0 aliphatic heterocycles. The number of rotatable bonds is 4. The summed E-state index contributed by atoms with van der Waals surface area (Å²) in [6, 6.07) is 12.7. The normalized spacial score (nSPS) is 10.4. The monoisotopic (exact) mass is 361 g/mol. The molecular weight excluding hydrogens is 350 g/mol. The molecule has 1 amide bonds. The first-order chi connectivity index (χ1) is 11.4. The molecule has 0 fully saturated rings. The smallest absolute Gasteiger partial charge is 0.269 e. The van der Waals surface area contributed by atoms with Crippen LogP contribution in [0, 0.1) is 10.1 Å². The van der Waals surface area contributed by atoms with Crippen molar-refractivity contribution in [2.24, 2.45) is 0 Å². The number of nitro benzene ring substituents is 1. The van der Waals surface area contributed by atoms with Gasteiger partial charge in [-0.1, -0.05) is 11.6 Å². The van der Waals surface area contributed by atoms with E-state index in [1.54, 1.807) is 36.4 Å². The maximum atomic E-state index is 11.8. The molecule has 0 aliphatic rings. The van der Waals surface area contributed by atoms with Gasteiger partial charge >= 0.3 is 0 Å². The molecule has 122 valence electrons. The van der Waals surface area contributed by atoms with Gasteiger partial charge in [-0.25, -0.2) is 0 Å². The lowest BCUT2D eigenvalue weighted by atomic mass is 10.2. The quantitative estimate of drug-likeness (QED) is 0.375. The van der Waals surface area contributed by atoms with Crippen LogP contribution in [0.1, 0.15) is 5.56 Å². The van der Waals surface area contributed by atoms with Crippen molar-refractivity contribution < 1.29 is 9.72 Å². The molecule has 0 aromatic heterocycles. The molecule has 0 spiro atoms. The fraction of sp³-hybridized carbons (Fsp3) is 0. The Morgan fingerprint density at radius 1 is 1.12 bits per heavy atom. The minimum Gasteiger partial charge on any atom is -0.332 e. The van der Waals surface area contributed by atoms with Crippen molar-refractivity contribution >= 4 is 52.3 Å². The van der Waals surface area contributed by atoms with Crippen LogP contribution in [-0.2, 0) is 4.79 Å². The number of hydrogen-bond acceptors (Lipinski definition) is 4.